The van der Waals surface area contributed by atoms with E-state index in [2.05, 4.69) is 0 Å². The van der Waals surface area contributed by atoms with E-state index in [0.717, 1.165) is 0 Å². The van der Waals surface area contributed by atoms with E-state index in [1.807, 2.05) is 13.8 Å². The summed E-state index contributed by atoms with van der Waals surface area (Å²) in [5.41, 5.74) is 5.26. The molecule has 0 aromatic carbocycles. The summed E-state index contributed by atoms with van der Waals surface area (Å²) in [6.07, 6.45) is -1.54. The lowest BCUT2D eigenvalue weighted by Gasteiger charge is -2.27. The highest BCUT2D eigenvalue weighted by Gasteiger charge is 2.37. The number of hydrogen-bond donors (Lipinski definition) is 3. The zero-order valence-corrected chi connectivity index (χ0v) is 8.55. The molecule has 0 aliphatic carbocycles. The summed E-state index contributed by atoms with van der Waals surface area (Å²) < 4.78 is 0. The quantitative estimate of drug-likeness (QED) is 0.521. The summed E-state index contributed by atoms with van der Waals surface area (Å²) in [6, 6.07) is -0.401. The molecular weight excluding hydrogens is 184 g/mol. The third kappa shape index (κ3) is 2.23. The minimum absolute atomic E-state index is 0.0880. The fourth-order valence-corrected chi connectivity index (χ4v) is 1.96. The average molecular weight is 202 g/mol. The van der Waals surface area contributed by atoms with Gasteiger partial charge in [0.1, 0.15) is 0 Å². The van der Waals surface area contributed by atoms with Gasteiger partial charge in [-0.25, -0.2) is 0 Å². The van der Waals surface area contributed by atoms with Gasteiger partial charge in [0.15, 0.2) is 0 Å². The number of amides is 1. The van der Waals surface area contributed by atoms with Gasteiger partial charge in [0.25, 0.3) is 0 Å². The molecule has 0 spiro atoms. The highest BCUT2D eigenvalue weighted by Crippen LogP contribution is 2.18. The highest BCUT2D eigenvalue weighted by atomic mass is 16.3. The molecule has 1 heterocycles. The fraction of sp³-hybridized carbons (Fsp3) is 0.889. The molecule has 1 fully saturated rings. The van der Waals surface area contributed by atoms with Crippen molar-refractivity contribution in [3.05, 3.63) is 0 Å². The molecule has 5 heteroatoms. The Kier molecular flexibility index (Phi) is 3.47. The molecule has 0 aromatic rings. The van der Waals surface area contributed by atoms with Gasteiger partial charge in [-0.3, -0.25) is 9.69 Å². The zero-order chi connectivity index (χ0) is 10.9. The average Bonchev–Trinajstić information content (AvgIpc) is 2.29. The first-order valence-electron chi connectivity index (χ1n) is 4.83. The molecule has 0 aromatic heterocycles. The van der Waals surface area contributed by atoms with E-state index in [4.69, 9.17) is 5.73 Å². The molecular formula is C9H18N2O3. The Morgan fingerprint density at radius 3 is 2.07 bits per heavy atom. The predicted molar refractivity (Wildman–Crippen MR) is 51.4 cm³/mol. The van der Waals surface area contributed by atoms with Gasteiger partial charge in [-0.05, 0) is 5.92 Å². The number of β-amino-alcohol motifs (C(OH)–C–C–N with tert-alkyl or cyclic N) is 2. The van der Waals surface area contributed by atoms with Gasteiger partial charge in [0, 0.05) is 13.1 Å². The molecule has 0 saturated carbocycles. The summed E-state index contributed by atoms with van der Waals surface area (Å²) in [5, 5.41) is 18.7. The van der Waals surface area contributed by atoms with Crippen LogP contribution >= 0.6 is 0 Å². The lowest BCUT2D eigenvalue weighted by molar-refractivity contribution is -0.124. The third-order valence-corrected chi connectivity index (χ3v) is 2.60. The Bertz CT molecular complexity index is 210. The van der Waals surface area contributed by atoms with Gasteiger partial charge < -0.3 is 15.9 Å². The monoisotopic (exact) mass is 202 g/mol. The Morgan fingerprint density at radius 2 is 1.79 bits per heavy atom. The largest absolute Gasteiger partial charge is 0.389 e. The van der Waals surface area contributed by atoms with Crippen LogP contribution in [0.5, 0.6) is 0 Å². The maximum Gasteiger partial charge on any atom is 0.235 e. The van der Waals surface area contributed by atoms with Crippen LogP contribution in [0.2, 0.25) is 0 Å². The smallest absolute Gasteiger partial charge is 0.235 e. The summed E-state index contributed by atoms with van der Waals surface area (Å²) in [7, 11) is 0. The second-order valence-electron chi connectivity index (χ2n) is 4.18. The molecule has 14 heavy (non-hydrogen) atoms. The van der Waals surface area contributed by atoms with Crippen LogP contribution in [0, 0.1) is 5.92 Å². The van der Waals surface area contributed by atoms with Gasteiger partial charge >= 0.3 is 0 Å². The van der Waals surface area contributed by atoms with Crippen molar-refractivity contribution in [2.24, 2.45) is 11.7 Å². The number of carbonyl (C=O) groups is 1. The second-order valence-corrected chi connectivity index (χ2v) is 4.18. The van der Waals surface area contributed by atoms with Crippen molar-refractivity contribution in [2.45, 2.75) is 32.1 Å². The molecule has 1 aliphatic heterocycles. The number of rotatable bonds is 3. The van der Waals surface area contributed by atoms with E-state index in [1.54, 1.807) is 4.90 Å². The number of primary amides is 1. The summed E-state index contributed by atoms with van der Waals surface area (Å²) in [6.45, 7) is 4.42. The Labute approximate surface area is 83.5 Å². The van der Waals surface area contributed by atoms with E-state index in [1.165, 1.54) is 0 Å². The molecule has 0 bridgehead atoms. The topological polar surface area (TPSA) is 86.8 Å². The first-order valence-corrected chi connectivity index (χ1v) is 4.83. The molecule has 1 rings (SSSR count). The van der Waals surface area contributed by atoms with E-state index < -0.39 is 24.2 Å². The lowest BCUT2D eigenvalue weighted by Crippen LogP contribution is -2.47. The molecule has 1 aliphatic rings. The predicted octanol–water partition coefficient (Wildman–Crippen LogP) is -1.47. The molecule has 5 nitrogen and oxygen atoms in total. The lowest BCUT2D eigenvalue weighted by atomic mass is 10.0. The highest BCUT2D eigenvalue weighted by molar-refractivity contribution is 5.80. The maximum absolute atomic E-state index is 11.2. The molecule has 4 N–H and O–H groups in total. The van der Waals surface area contributed by atoms with E-state index >= 15 is 0 Å². The van der Waals surface area contributed by atoms with Crippen LogP contribution < -0.4 is 5.73 Å². The van der Waals surface area contributed by atoms with Crippen LogP contribution in [0.25, 0.3) is 0 Å². The summed E-state index contributed by atoms with van der Waals surface area (Å²) in [4.78, 5) is 12.9. The van der Waals surface area contributed by atoms with Crippen LogP contribution in [-0.4, -0.2) is 52.4 Å². The van der Waals surface area contributed by atoms with E-state index in [0.29, 0.717) is 13.1 Å². The van der Waals surface area contributed by atoms with Crippen molar-refractivity contribution in [1.82, 2.24) is 4.90 Å². The minimum Gasteiger partial charge on any atom is -0.389 e. The number of hydrogen-bond acceptors (Lipinski definition) is 4. The second kappa shape index (κ2) is 4.25. The van der Waals surface area contributed by atoms with Crippen molar-refractivity contribution in [2.75, 3.05) is 13.1 Å². The minimum atomic E-state index is -0.768. The van der Waals surface area contributed by atoms with E-state index in [9.17, 15) is 15.0 Å². The van der Waals surface area contributed by atoms with Crippen LogP contribution in [0.15, 0.2) is 0 Å². The first kappa shape index (κ1) is 11.4. The van der Waals surface area contributed by atoms with Gasteiger partial charge in [-0.1, -0.05) is 13.8 Å². The third-order valence-electron chi connectivity index (χ3n) is 2.60. The van der Waals surface area contributed by atoms with E-state index in [-0.39, 0.29) is 5.92 Å². The van der Waals surface area contributed by atoms with Crippen molar-refractivity contribution < 1.29 is 15.0 Å². The summed E-state index contributed by atoms with van der Waals surface area (Å²) >= 11 is 0. The van der Waals surface area contributed by atoms with Crippen molar-refractivity contribution in [1.29, 1.82) is 0 Å². The zero-order valence-electron chi connectivity index (χ0n) is 8.55. The molecule has 3 atom stereocenters. The molecule has 1 amide bonds. The normalized spacial score (nSPS) is 30.9. The Balaban J connectivity index is 2.67. The van der Waals surface area contributed by atoms with Crippen molar-refractivity contribution in [3.63, 3.8) is 0 Å². The Hall–Kier alpha value is -0.650. The van der Waals surface area contributed by atoms with Gasteiger partial charge in [0.05, 0.1) is 18.2 Å². The van der Waals surface area contributed by atoms with Crippen LogP contribution in [-0.2, 0) is 4.79 Å². The summed E-state index contributed by atoms with van der Waals surface area (Å²) in [5.74, 6) is -0.314. The van der Waals surface area contributed by atoms with Gasteiger partial charge in [-0.2, -0.15) is 0 Å². The fourth-order valence-electron chi connectivity index (χ4n) is 1.96. The first-order chi connectivity index (χ1) is 6.43. The number of nitrogens with two attached hydrogens (primary N) is 1. The van der Waals surface area contributed by atoms with Crippen molar-refractivity contribution >= 4 is 5.91 Å². The molecule has 0 radical (unpaired) electrons. The van der Waals surface area contributed by atoms with Gasteiger partial charge in [0.2, 0.25) is 5.91 Å². The van der Waals surface area contributed by atoms with Crippen molar-refractivity contribution in [3.8, 4) is 0 Å². The number of carbonyl (C=O) groups excluding carboxylic acids is 1. The number of nitrogens with zero attached hydrogens (tertiary/aromatic N) is 1. The van der Waals surface area contributed by atoms with Crippen LogP contribution in [0.4, 0.5) is 0 Å². The SMILES string of the molecule is CC(C)C(C(N)=O)N1CC(O)C(O)C1. The standard InChI is InChI=1S/C9H18N2O3/c1-5(2)8(9(10)14)11-3-6(12)7(13)4-11/h5-8,12-13H,3-4H2,1-2H3,(H2,10,14). The van der Waals surface area contributed by atoms with Gasteiger partial charge in [-0.15, -0.1) is 0 Å². The Morgan fingerprint density at radius 1 is 1.36 bits per heavy atom. The van der Waals surface area contributed by atoms with Crippen LogP contribution in [0.1, 0.15) is 13.8 Å². The molecule has 82 valence electrons. The number of likely N-dealkylation sites (tertiary alicyclic amines) is 1. The number of aliphatic hydroxyl groups is 2. The van der Waals surface area contributed by atoms with Crippen LogP contribution in [0.3, 0.4) is 0 Å². The maximum atomic E-state index is 11.2. The molecule has 1 saturated heterocycles. The molecule has 3 unspecified atom stereocenters. The number of aliphatic hydroxyl groups excluding tert-OH is 2.